The lowest BCUT2D eigenvalue weighted by molar-refractivity contribution is 0.610. The Labute approximate surface area is 112 Å². The normalized spacial score (nSPS) is 12.7. The number of nitrogens with one attached hydrogen (secondary N) is 1. The van der Waals surface area contributed by atoms with E-state index in [-0.39, 0.29) is 11.9 Å². The summed E-state index contributed by atoms with van der Waals surface area (Å²) in [7, 11) is 0. The molecule has 0 aliphatic rings. The molecule has 0 amide bonds. The van der Waals surface area contributed by atoms with E-state index in [2.05, 4.69) is 30.6 Å². The Kier molecular flexibility index (Phi) is 4.15. The van der Waals surface area contributed by atoms with E-state index in [4.69, 9.17) is 0 Å². The topological polar surface area (TPSA) is 12.0 Å². The maximum Gasteiger partial charge on any atom is 0.123 e. The second kappa shape index (κ2) is 5.63. The minimum atomic E-state index is -0.173. The molecule has 2 rings (SSSR count). The van der Waals surface area contributed by atoms with Gasteiger partial charge in [0.15, 0.2) is 0 Å². The number of halogens is 1. The van der Waals surface area contributed by atoms with E-state index in [0.717, 1.165) is 17.7 Å². The maximum absolute atomic E-state index is 13.2. The van der Waals surface area contributed by atoms with E-state index in [1.165, 1.54) is 16.5 Å². The monoisotopic (exact) mass is 263 g/mol. The van der Waals surface area contributed by atoms with Gasteiger partial charge in [0, 0.05) is 4.88 Å². The number of hydrogen-bond acceptors (Lipinski definition) is 2. The second-order valence-corrected chi connectivity index (χ2v) is 5.60. The molecule has 1 heterocycles. The van der Waals surface area contributed by atoms with E-state index in [0.29, 0.717) is 0 Å². The van der Waals surface area contributed by atoms with Gasteiger partial charge in [0.05, 0.1) is 6.04 Å². The average Bonchev–Trinajstić information content (AvgIpc) is 2.73. The Morgan fingerprint density at radius 3 is 2.61 bits per heavy atom. The first kappa shape index (κ1) is 13.2. The first-order chi connectivity index (χ1) is 8.61. The van der Waals surface area contributed by atoms with Gasteiger partial charge < -0.3 is 5.32 Å². The van der Waals surface area contributed by atoms with E-state index in [1.807, 2.05) is 13.0 Å². The van der Waals surface area contributed by atoms with Gasteiger partial charge in [0.25, 0.3) is 0 Å². The second-order valence-electron chi connectivity index (χ2n) is 4.48. The highest BCUT2D eigenvalue weighted by Gasteiger charge is 2.16. The van der Waals surface area contributed by atoms with Crippen LogP contribution in [0.4, 0.5) is 4.39 Å². The number of thiophene rings is 1. The lowest BCUT2D eigenvalue weighted by atomic mass is 9.96. The highest BCUT2D eigenvalue weighted by atomic mass is 32.1. The van der Waals surface area contributed by atoms with E-state index in [1.54, 1.807) is 17.4 Å². The van der Waals surface area contributed by atoms with E-state index < -0.39 is 0 Å². The van der Waals surface area contributed by atoms with Crippen LogP contribution in [0.15, 0.2) is 29.6 Å². The van der Waals surface area contributed by atoms with Crippen LogP contribution in [0.25, 0.3) is 0 Å². The number of rotatable bonds is 4. The van der Waals surface area contributed by atoms with Gasteiger partial charge in [-0.05, 0) is 60.7 Å². The van der Waals surface area contributed by atoms with Gasteiger partial charge in [-0.2, -0.15) is 0 Å². The molecule has 0 spiro atoms. The largest absolute Gasteiger partial charge is 0.306 e. The smallest absolute Gasteiger partial charge is 0.123 e. The van der Waals surface area contributed by atoms with Crippen LogP contribution in [0.5, 0.6) is 0 Å². The van der Waals surface area contributed by atoms with Crippen molar-refractivity contribution in [2.45, 2.75) is 26.8 Å². The number of hydrogen-bond donors (Lipinski definition) is 1. The summed E-state index contributed by atoms with van der Waals surface area (Å²) in [6, 6.07) is 7.36. The van der Waals surface area contributed by atoms with Crippen molar-refractivity contribution in [3.05, 3.63) is 57.0 Å². The minimum absolute atomic E-state index is 0.153. The standard InChI is InChI=1S/C15H18FNS/c1-4-17-15(12-8-11(3)18-9-12)14-6-5-13(16)7-10(14)2/h5-9,15,17H,4H2,1-3H3. The third-order valence-corrected chi connectivity index (χ3v) is 3.91. The highest BCUT2D eigenvalue weighted by molar-refractivity contribution is 7.10. The molecule has 1 atom stereocenters. The van der Waals surface area contributed by atoms with Crippen molar-refractivity contribution >= 4 is 11.3 Å². The average molecular weight is 263 g/mol. The fourth-order valence-electron chi connectivity index (χ4n) is 2.19. The van der Waals surface area contributed by atoms with Gasteiger partial charge in [0.1, 0.15) is 5.82 Å². The summed E-state index contributed by atoms with van der Waals surface area (Å²) in [4.78, 5) is 1.30. The van der Waals surface area contributed by atoms with Gasteiger partial charge in [-0.15, -0.1) is 11.3 Å². The Morgan fingerprint density at radius 2 is 2.06 bits per heavy atom. The van der Waals surface area contributed by atoms with Crippen LogP contribution in [0.2, 0.25) is 0 Å². The zero-order valence-corrected chi connectivity index (χ0v) is 11.8. The van der Waals surface area contributed by atoms with Crippen molar-refractivity contribution in [3.8, 4) is 0 Å². The third-order valence-electron chi connectivity index (χ3n) is 3.04. The summed E-state index contributed by atoms with van der Waals surface area (Å²) in [5.74, 6) is -0.173. The van der Waals surface area contributed by atoms with Gasteiger partial charge in [-0.25, -0.2) is 4.39 Å². The fraction of sp³-hybridized carbons (Fsp3) is 0.333. The van der Waals surface area contributed by atoms with Crippen LogP contribution < -0.4 is 5.32 Å². The van der Waals surface area contributed by atoms with Crippen molar-refractivity contribution in [1.29, 1.82) is 0 Å². The predicted molar refractivity (Wildman–Crippen MR) is 75.7 cm³/mol. The van der Waals surface area contributed by atoms with Gasteiger partial charge in [-0.3, -0.25) is 0 Å². The number of benzene rings is 1. The molecule has 1 aromatic heterocycles. The summed E-state index contributed by atoms with van der Waals surface area (Å²) in [6.45, 7) is 7.04. The van der Waals surface area contributed by atoms with Crippen molar-refractivity contribution in [2.75, 3.05) is 6.54 Å². The summed E-state index contributed by atoms with van der Waals surface area (Å²) in [6.07, 6.45) is 0. The molecular formula is C15H18FNS. The molecule has 0 saturated heterocycles. The summed E-state index contributed by atoms with van der Waals surface area (Å²) in [5.41, 5.74) is 3.40. The molecule has 0 fully saturated rings. The van der Waals surface area contributed by atoms with Gasteiger partial charge in [0.2, 0.25) is 0 Å². The first-order valence-corrected chi connectivity index (χ1v) is 7.04. The van der Waals surface area contributed by atoms with Crippen LogP contribution in [0.1, 0.15) is 34.5 Å². The van der Waals surface area contributed by atoms with Crippen LogP contribution in [0.3, 0.4) is 0 Å². The Hall–Kier alpha value is -1.19. The highest BCUT2D eigenvalue weighted by Crippen LogP contribution is 2.28. The summed E-state index contributed by atoms with van der Waals surface area (Å²) >= 11 is 1.75. The molecule has 0 radical (unpaired) electrons. The van der Waals surface area contributed by atoms with Gasteiger partial charge in [-0.1, -0.05) is 13.0 Å². The zero-order chi connectivity index (χ0) is 13.1. The van der Waals surface area contributed by atoms with Crippen LogP contribution in [0, 0.1) is 19.7 Å². The van der Waals surface area contributed by atoms with Crippen molar-refractivity contribution in [3.63, 3.8) is 0 Å². The van der Waals surface area contributed by atoms with Crippen molar-refractivity contribution in [2.24, 2.45) is 0 Å². The molecular weight excluding hydrogens is 245 g/mol. The van der Waals surface area contributed by atoms with Crippen molar-refractivity contribution < 1.29 is 4.39 Å². The fourth-order valence-corrected chi connectivity index (χ4v) is 2.92. The first-order valence-electron chi connectivity index (χ1n) is 6.16. The summed E-state index contributed by atoms with van der Waals surface area (Å²) < 4.78 is 13.2. The molecule has 3 heteroatoms. The molecule has 1 aromatic carbocycles. The van der Waals surface area contributed by atoms with Crippen molar-refractivity contribution in [1.82, 2.24) is 5.32 Å². The molecule has 96 valence electrons. The zero-order valence-electron chi connectivity index (χ0n) is 11.0. The third kappa shape index (κ3) is 2.79. The van der Waals surface area contributed by atoms with Crippen LogP contribution >= 0.6 is 11.3 Å². The Morgan fingerprint density at radius 1 is 1.28 bits per heavy atom. The molecule has 0 aliphatic carbocycles. The molecule has 1 N–H and O–H groups in total. The lowest BCUT2D eigenvalue weighted by Crippen LogP contribution is -2.22. The molecule has 1 unspecified atom stereocenters. The SMILES string of the molecule is CCNC(c1csc(C)c1)c1ccc(F)cc1C. The molecule has 0 aliphatic heterocycles. The quantitative estimate of drug-likeness (QED) is 0.871. The molecule has 1 nitrogen and oxygen atoms in total. The maximum atomic E-state index is 13.2. The number of aryl methyl sites for hydroxylation is 2. The minimum Gasteiger partial charge on any atom is -0.306 e. The predicted octanol–water partition coefficient (Wildman–Crippen LogP) is 4.20. The summed E-state index contributed by atoms with van der Waals surface area (Å²) in [5, 5.41) is 5.65. The Balaban J connectivity index is 2.41. The lowest BCUT2D eigenvalue weighted by Gasteiger charge is -2.19. The molecule has 0 bridgehead atoms. The molecule has 18 heavy (non-hydrogen) atoms. The molecule has 2 aromatic rings. The van der Waals surface area contributed by atoms with Crippen LogP contribution in [-0.2, 0) is 0 Å². The van der Waals surface area contributed by atoms with E-state index in [9.17, 15) is 4.39 Å². The Bertz CT molecular complexity index is 533. The van der Waals surface area contributed by atoms with Crippen LogP contribution in [-0.4, -0.2) is 6.54 Å². The van der Waals surface area contributed by atoms with E-state index >= 15 is 0 Å². The molecule has 0 saturated carbocycles. The van der Waals surface area contributed by atoms with Gasteiger partial charge >= 0.3 is 0 Å².